The van der Waals surface area contributed by atoms with E-state index in [0.717, 1.165) is 30.0 Å². The SMILES string of the molecule is COc1cc(C(=O)Nc2ccccc2)ccc1Nc1ncc2c(n1)N(C1CCCC1)CCC(=O)N2C. The van der Waals surface area contributed by atoms with E-state index in [-0.39, 0.29) is 11.8 Å². The minimum atomic E-state index is -0.229. The van der Waals surface area contributed by atoms with Crippen molar-refractivity contribution < 1.29 is 14.3 Å². The molecule has 2 N–H and O–H groups in total. The van der Waals surface area contributed by atoms with Crippen LogP contribution in [0.3, 0.4) is 0 Å². The number of methoxy groups -OCH3 is 1. The van der Waals surface area contributed by atoms with Gasteiger partial charge in [0.25, 0.3) is 5.91 Å². The topological polar surface area (TPSA) is 99.7 Å². The molecule has 3 aromatic rings. The molecule has 0 atom stereocenters. The molecule has 2 aromatic carbocycles. The highest BCUT2D eigenvalue weighted by Crippen LogP contribution is 2.37. The van der Waals surface area contributed by atoms with Gasteiger partial charge in [0.1, 0.15) is 11.4 Å². The maximum absolute atomic E-state index is 12.7. The molecular weight excluding hydrogens is 456 g/mol. The van der Waals surface area contributed by atoms with E-state index in [1.807, 2.05) is 30.3 Å². The Kier molecular flexibility index (Phi) is 6.71. The maximum Gasteiger partial charge on any atom is 0.255 e. The molecule has 0 radical (unpaired) electrons. The molecule has 186 valence electrons. The number of anilines is 5. The molecule has 1 saturated carbocycles. The number of ether oxygens (including phenoxy) is 1. The molecule has 36 heavy (non-hydrogen) atoms. The van der Waals surface area contributed by atoms with E-state index in [2.05, 4.69) is 20.5 Å². The summed E-state index contributed by atoms with van der Waals surface area (Å²) in [6.45, 7) is 0.645. The normalized spacial score (nSPS) is 15.9. The third kappa shape index (κ3) is 4.82. The van der Waals surface area contributed by atoms with E-state index in [4.69, 9.17) is 9.72 Å². The Balaban J connectivity index is 1.41. The van der Waals surface area contributed by atoms with Crippen molar-refractivity contribution in [2.45, 2.75) is 38.1 Å². The van der Waals surface area contributed by atoms with Crippen molar-refractivity contribution in [2.75, 3.05) is 41.1 Å². The third-order valence-electron chi connectivity index (χ3n) is 6.83. The predicted molar refractivity (Wildman–Crippen MR) is 140 cm³/mol. The lowest BCUT2D eigenvalue weighted by Crippen LogP contribution is -2.34. The standard InChI is InChI=1S/C27H30N6O3/c1-32-22-17-28-27(31-25(22)33(15-14-24(32)34)20-10-6-7-11-20)30-21-13-12-18(16-23(21)36-2)26(35)29-19-8-4-3-5-9-19/h3-5,8-9,12-13,16-17,20H,6-7,10-11,14-15H2,1-2H3,(H,29,35)(H,28,30,31). The Labute approximate surface area is 210 Å². The quantitative estimate of drug-likeness (QED) is 0.525. The van der Waals surface area contributed by atoms with Crippen LogP contribution in [0.4, 0.5) is 28.8 Å². The maximum atomic E-state index is 12.7. The van der Waals surface area contributed by atoms with Crippen molar-refractivity contribution >= 4 is 40.6 Å². The lowest BCUT2D eigenvalue weighted by molar-refractivity contribution is -0.118. The number of para-hydroxylation sites is 1. The van der Waals surface area contributed by atoms with Crippen molar-refractivity contribution in [2.24, 2.45) is 0 Å². The first-order valence-corrected chi connectivity index (χ1v) is 12.2. The van der Waals surface area contributed by atoms with Gasteiger partial charge in [0, 0.05) is 37.3 Å². The van der Waals surface area contributed by atoms with Gasteiger partial charge in [0.2, 0.25) is 11.9 Å². The molecule has 0 bridgehead atoms. The van der Waals surface area contributed by atoms with E-state index < -0.39 is 0 Å². The Hall–Kier alpha value is -4.14. The summed E-state index contributed by atoms with van der Waals surface area (Å²) < 4.78 is 5.56. The zero-order valence-corrected chi connectivity index (χ0v) is 20.5. The second-order valence-electron chi connectivity index (χ2n) is 9.10. The van der Waals surface area contributed by atoms with Crippen molar-refractivity contribution in [3.05, 3.63) is 60.3 Å². The molecule has 9 nitrogen and oxygen atoms in total. The van der Waals surface area contributed by atoms with Crippen LogP contribution < -0.4 is 25.2 Å². The lowest BCUT2D eigenvalue weighted by Gasteiger charge is -2.30. The van der Waals surface area contributed by atoms with Gasteiger partial charge in [-0.2, -0.15) is 4.98 Å². The zero-order valence-electron chi connectivity index (χ0n) is 20.5. The molecule has 0 saturated heterocycles. The molecule has 0 unspecified atom stereocenters. The minimum absolute atomic E-state index is 0.0621. The van der Waals surface area contributed by atoms with Gasteiger partial charge in [0.05, 0.1) is 19.0 Å². The second kappa shape index (κ2) is 10.2. The van der Waals surface area contributed by atoms with Gasteiger partial charge in [-0.05, 0) is 43.2 Å². The van der Waals surface area contributed by atoms with Crippen LogP contribution in [0.25, 0.3) is 0 Å². The van der Waals surface area contributed by atoms with Gasteiger partial charge in [-0.25, -0.2) is 4.98 Å². The molecule has 2 amide bonds. The second-order valence-corrected chi connectivity index (χ2v) is 9.10. The number of nitrogens with one attached hydrogen (secondary N) is 2. The van der Waals surface area contributed by atoms with Gasteiger partial charge in [-0.1, -0.05) is 31.0 Å². The molecule has 2 aliphatic rings. The number of hydrogen-bond acceptors (Lipinski definition) is 7. The Morgan fingerprint density at radius 1 is 1.11 bits per heavy atom. The first kappa shape index (κ1) is 23.6. The molecule has 2 heterocycles. The number of benzene rings is 2. The van der Waals surface area contributed by atoms with Crippen LogP contribution in [0, 0.1) is 0 Å². The third-order valence-corrected chi connectivity index (χ3v) is 6.83. The highest BCUT2D eigenvalue weighted by Gasteiger charge is 2.31. The number of hydrogen-bond donors (Lipinski definition) is 2. The van der Waals surface area contributed by atoms with Crippen molar-refractivity contribution in [1.29, 1.82) is 0 Å². The number of carbonyl (C=O) groups is 2. The van der Waals surface area contributed by atoms with Crippen LogP contribution in [-0.4, -0.2) is 48.5 Å². The summed E-state index contributed by atoms with van der Waals surface area (Å²) in [6, 6.07) is 14.9. The molecule has 1 aromatic heterocycles. The average Bonchev–Trinajstić information content (AvgIpc) is 3.40. The highest BCUT2D eigenvalue weighted by atomic mass is 16.5. The van der Waals surface area contributed by atoms with Gasteiger partial charge < -0.3 is 25.2 Å². The summed E-state index contributed by atoms with van der Waals surface area (Å²) in [5.41, 5.74) is 2.54. The number of amides is 2. The average molecular weight is 487 g/mol. The molecular formula is C27H30N6O3. The number of aromatic nitrogens is 2. The van der Waals surface area contributed by atoms with Gasteiger partial charge in [0.15, 0.2) is 5.82 Å². The molecule has 5 rings (SSSR count). The largest absolute Gasteiger partial charge is 0.495 e. The van der Waals surface area contributed by atoms with Crippen LogP contribution in [0.5, 0.6) is 5.75 Å². The van der Waals surface area contributed by atoms with Crippen LogP contribution in [0.1, 0.15) is 42.5 Å². The Morgan fingerprint density at radius 2 is 1.89 bits per heavy atom. The molecule has 1 aliphatic carbocycles. The molecule has 1 fully saturated rings. The summed E-state index contributed by atoms with van der Waals surface area (Å²) in [4.78, 5) is 38.5. The molecule has 0 spiro atoms. The molecule has 1 aliphatic heterocycles. The molecule has 9 heteroatoms. The Bertz CT molecular complexity index is 1260. The first-order chi connectivity index (χ1) is 17.5. The van der Waals surface area contributed by atoms with Crippen molar-refractivity contribution in [3.63, 3.8) is 0 Å². The summed E-state index contributed by atoms with van der Waals surface area (Å²) in [5.74, 6) is 1.50. The van der Waals surface area contributed by atoms with E-state index >= 15 is 0 Å². The number of rotatable bonds is 6. The van der Waals surface area contributed by atoms with Gasteiger partial charge in [-0.15, -0.1) is 0 Å². The van der Waals surface area contributed by atoms with E-state index in [1.54, 1.807) is 43.5 Å². The summed E-state index contributed by atoms with van der Waals surface area (Å²) in [6.07, 6.45) is 6.74. The minimum Gasteiger partial charge on any atom is -0.495 e. The highest BCUT2D eigenvalue weighted by molar-refractivity contribution is 6.05. The number of fused-ring (bicyclic) bond motifs is 1. The number of carbonyl (C=O) groups excluding carboxylic acids is 2. The summed E-state index contributed by atoms with van der Waals surface area (Å²) in [5, 5.41) is 6.12. The van der Waals surface area contributed by atoms with E-state index in [1.165, 1.54) is 12.8 Å². The van der Waals surface area contributed by atoms with Gasteiger partial charge in [-0.3, -0.25) is 9.59 Å². The van der Waals surface area contributed by atoms with Gasteiger partial charge >= 0.3 is 0 Å². The number of nitrogens with zero attached hydrogens (tertiary/aromatic N) is 4. The van der Waals surface area contributed by atoms with Crippen molar-refractivity contribution in [3.8, 4) is 5.75 Å². The van der Waals surface area contributed by atoms with Crippen LogP contribution >= 0.6 is 0 Å². The van der Waals surface area contributed by atoms with Crippen LogP contribution in [0.2, 0.25) is 0 Å². The van der Waals surface area contributed by atoms with E-state index in [9.17, 15) is 9.59 Å². The lowest BCUT2D eigenvalue weighted by atomic mass is 10.1. The fourth-order valence-corrected chi connectivity index (χ4v) is 4.85. The fourth-order valence-electron chi connectivity index (χ4n) is 4.85. The summed E-state index contributed by atoms with van der Waals surface area (Å²) in [7, 11) is 3.33. The summed E-state index contributed by atoms with van der Waals surface area (Å²) >= 11 is 0. The smallest absolute Gasteiger partial charge is 0.255 e. The zero-order chi connectivity index (χ0) is 25.1. The fraction of sp³-hybridized carbons (Fsp3) is 0.333. The van der Waals surface area contributed by atoms with Crippen LogP contribution in [-0.2, 0) is 4.79 Å². The van der Waals surface area contributed by atoms with Crippen molar-refractivity contribution in [1.82, 2.24) is 9.97 Å². The monoisotopic (exact) mass is 486 g/mol. The van der Waals surface area contributed by atoms with Crippen LogP contribution in [0.15, 0.2) is 54.7 Å². The predicted octanol–water partition coefficient (Wildman–Crippen LogP) is 4.60. The first-order valence-electron chi connectivity index (χ1n) is 12.2. The van der Waals surface area contributed by atoms with E-state index in [0.29, 0.717) is 42.0 Å². The Morgan fingerprint density at radius 3 is 2.64 bits per heavy atom.